The van der Waals surface area contributed by atoms with Gasteiger partial charge in [-0.3, -0.25) is 9.80 Å². The summed E-state index contributed by atoms with van der Waals surface area (Å²) in [5.41, 5.74) is 4.68. The van der Waals surface area contributed by atoms with Gasteiger partial charge in [-0.25, -0.2) is 19.6 Å². The lowest BCUT2D eigenvalue weighted by atomic mass is 10.2. The minimum absolute atomic E-state index is 0.915. The van der Waals surface area contributed by atoms with Crippen LogP contribution < -0.4 is 0 Å². The van der Waals surface area contributed by atoms with Crippen molar-refractivity contribution >= 4 is 23.3 Å². The Labute approximate surface area is 229 Å². The minimum atomic E-state index is -5.08. The van der Waals surface area contributed by atoms with Crippen molar-refractivity contribution in [3.8, 4) is 11.4 Å². The fourth-order valence-electron chi connectivity index (χ4n) is 3.41. The fourth-order valence-corrected chi connectivity index (χ4v) is 4.01. The maximum Gasteiger partial charge on any atom is 0.490 e. The van der Waals surface area contributed by atoms with Gasteiger partial charge in [0.1, 0.15) is 5.82 Å². The third-order valence-corrected chi connectivity index (χ3v) is 6.23. The zero-order chi connectivity index (χ0) is 30.1. The standard InChI is InChI=1S/C20H25N5S.2C2HF3O2/c1-15-19(23-20(21-15)17-6-4-3-5-7-17)13-25-10-8-24(9-11-25)12-18-14-26-16(2)22-18;2*3-2(4,5)1(6)7/h3-7,14H,8-13H2,1-2H3,(H,21,23);2*(H,6,7). The number of imidazole rings is 1. The average Bonchev–Trinajstić information content (AvgIpc) is 3.45. The number of thiazole rings is 1. The molecule has 16 heteroatoms. The summed E-state index contributed by atoms with van der Waals surface area (Å²) < 4.78 is 63.5. The number of aromatic amines is 1. The van der Waals surface area contributed by atoms with Gasteiger partial charge in [-0.2, -0.15) is 26.3 Å². The van der Waals surface area contributed by atoms with Crippen molar-refractivity contribution in [1.29, 1.82) is 0 Å². The van der Waals surface area contributed by atoms with Crippen LogP contribution in [0.5, 0.6) is 0 Å². The molecule has 3 N–H and O–H groups in total. The maximum atomic E-state index is 10.6. The molecule has 1 saturated heterocycles. The van der Waals surface area contributed by atoms with Crippen LogP contribution in [0.2, 0.25) is 0 Å². The molecule has 9 nitrogen and oxygen atoms in total. The number of aryl methyl sites for hydroxylation is 2. The second-order valence-electron chi connectivity index (χ2n) is 8.54. The van der Waals surface area contributed by atoms with Crippen LogP contribution in [-0.2, 0) is 22.7 Å². The quantitative estimate of drug-likeness (QED) is 0.362. The SMILES string of the molecule is Cc1nc(CN2CCN(Cc3nc(-c4ccccc4)[nH]c3C)CC2)cs1.O=C(O)C(F)(F)F.O=C(O)C(F)(F)F. The summed E-state index contributed by atoms with van der Waals surface area (Å²) >= 11 is 1.74. The number of carbonyl (C=O) groups is 2. The van der Waals surface area contributed by atoms with Crippen LogP contribution in [0.1, 0.15) is 22.1 Å². The molecule has 0 unspecified atom stereocenters. The third-order valence-electron chi connectivity index (χ3n) is 5.41. The Morgan fingerprint density at radius 1 is 0.875 bits per heavy atom. The smallest absolute Gasteiger partial charge is 0.475 e. The first kappa shape index (κ1) is 32.7. The molecule has 40 heavy (non-hydrogen) atoms. The van der Waals surface area contributed by atoms with Crippen LogP contribution in [0.15, 0.2) is 35.7 Å². The molecule has 1 fully saturated rings. The van der Waals surface area contributed by atoms with E-state index >= 15 is 0 Å². The zero-order valence-electron chi connectivity index (χ0n) is 21.4. The molecule has 2 aromatic heterocycles. The Hall–Kier alpha value is -3.50. The van der Waals surface area contributed by atoms with Gasteiger partial charge in [0.15, 0.2) is 0 Å². The monoisotopic (exact) mass is 595 g/mol. The third kappa shape index (κ3) is 10.9. The van der Waals surface area contributed by atoms with Crippen molar-refractivity contribution in [2.24, 2.45) is 0 Å². The second-order valence-corrected chi connectivity index (χ2v) is 9.60. The van der Waals surface area contributed by atoms with Gasteiger partial charge in [0.25, 0.3) is 0 Å². The highest BCUT2D eigenvalue weighted by molar-refractivity contribution is 7.09. The van der Waals surface area contributed by atoms with E-state index in [-0.39, 0.29) is 0 Å². The Bertz CT molecular complexity index is 1210. The predicted octanol–water partition coefficient (Wildman–Crippen LogP) is 4.73. The number of carboxylic acids is 2. The van der Waals surface area contributed by atoms with Crippen molar-refractivity contribution in [3.63, 3.8) is 0 Å². The van der Waals surface area contributed by atoms with Gasteiger partial charge in [0.05, 0.1) is 16.4 Å². The fraction of sp³-hybridized carbons (Fsp3) is 0.417. The number of hydrogen-bond donors (Lipinski definition) is 3. The lowest BCUT2D eigenvalue weighted by Crippen LogP contribution is -2.45. The van der Waals surface area contributed by atoms with Crippen molar-refractivity contribution in [2.75, 3.05) is 26.2 Å². The van der Waals surface area contributed by atoms with Crippen molar-refractivity contribution < 1.29 is 46.1 Å². The van der Waals surface area contributed by atoms with E-state index in [1.807, 2.05) is 6.07 Å². The van der Waals surface area contributed by atoms with E-state index in [1.54, 1.807) is 11.3 Å². The maximum absolute atomic E-state index is 10.6. The summed E-state index contributed by atoms with van der Waals surface area (Å²) in [7, 11) is 0. The van der Waals surface area contributed by atoms with Crippen LogP contribution in [0.25, 0.3) is 11.4 Å². The van der Waals surface area contributed by atoms with Crippen molar-refractivity contribution in [2.45, 2.75) is 39.3 Å². The molecule has 0 atom stereocenters. The number of H-pyrrole nitrogens is 1. The summed E-state index contributed by atoms with van der Waals surface area (Å²) in [6.45, 7) is 10.4. The summed E-state index contributed by atoms with van der Waals surface area (Å²) in [6, 6.07) is 10.3. The molecule has 0 radical (unpaired) electrons. The number of piperazine rings is 1. The molecule has 0 aliphatic carbocycles. The van der Waals surface area contributed by atoms with E-state index in [9.17, 15) is 26.3 Å². The number of nitrogens with zero attached hydrogens (tertiary/aromatic N) is 4. The van der Waals surface area contributed by atoms with Gasteiger partial charge in [-0.1, -0.05) is 30.3 Å². The van der Waals surface area contributed by atoms with Crippen LogP contribution >= 0.6 is 11.3 Å². The molecule has 3 aromatic rings. The van der Waals surface area contributed by atoms with Gasteiger partial charge in [-0.15, -0.1) is 11.3 Å². The topological polar surface area (TPSA) is 123 Å². The van der Waals surface area contributed by atoms with Gasteiger partial charge in [0.2, 0.25) is 0 Å². The van der Waals surface area contributed by atoms with E-state index < -0.39 is 24.3 Å². The van der Waals surface area contributed by atoms with Crippen LogP contribution in [0.4, 0.5) is 26.3 Å². The summed E-state index contributed by atoms with van der Waals surface area (Å²) in [6.07, 6.45) is -10.2. The molecular weight excluding hydrogens is 568 g/mol. The molecule has 0 spiro atoms. The lowest BCUT2D eigenvalue weighted by molar-refractivity contribution is -0.193. The van der Waals surface area contributed by atoms with Crippen molar-refractivity contribution in [3.05, 3.63) is 57.8 Å². The molecule has 0 saturated carbocycles. The number of rotatable bonds is 5. The number of aromatic nitrogens is 3. The Balaban J connectivity index is 0.000000333. The van der Waals surface area contributed by atoms with E-state index in [2.05, 4.69) is 63.3 Å². The highest BCUT2D eigenvalue weighted by Crippen LogP contribution is 2.20. The highest BCUT2D eigenvalue weighted by Gasteiger charge is 2.38. The first-order valence-electron chi connectivity index (χ1n) is 11.6. The molecule has 220 valence electrons. The minimum Gasteiger partial charge on any atom is -0.475 e. The molecule has 1 aromatic carbocycles. The Morgan fingerprint density at radius 3 is 1.77 bits per heavy atom. The Kier molecular flexibility index (Phi) is 11.6. The molecular formula is C24H27F6N5O4S. The largest absolute Gasteiger partial charge is 0.490 e. The van der Waals surface area contributed by atoms with E-state index in [0.29, 0.717) is 0 Å². The Morgan fingerprint density at radius 2 is 1.35 bits per heavy atom. The summed E-state index contributed by atoms with van der Waals surface area (Å²) in [5, 5.41) is 17.6. The van der Waals surface area contributed by atoms with Gasteiger partial charge in [-0.05, 0) is 13.8 Å². The average molecular weight is 596 g/mol. The lowest BCUT2D eigenvalue weighted by Gasteiger charge is -2.34. The molecule has 0 bridgehead atoms. The number of alkyl halides is 6. The normalized spacial score (nSPS) is 14.5. The van der Waals surface area contributed by atoms with Gasteiger partial charge in [0, 0.05) is 55.9 Å². The van der Waals surface area contributed by atoms with E-state index in [0.717, 1.165) is 61.4 Å². The number of hydrogen-bond acceptors (Lipinski definition) is 7. The number of carboxylic acid groups (broad SMARTS) is 2. The first-order chi connectivity index (χ1) is 18.6. The number of halogens is 6. The summed E-state index contributed by atoms with van der Waals surface area (Å²) in [4.78, 5) is 35.7. The highest BCUT2D eigenvalue weighted by atomic mass is 32.1. The molecule has 1 aliphatic rings. The zero-order valence-corrected chi connectivity index (χ0v) is 22.2. The molecule has 4 rings (SSSR count). The van der Waals surface area contributed by atoms with Crippen LogP contribution in [-0.4, -0.2) is 85.4 Å². The molecule has 3 heterocycles. The summed E-state index contributed by atoms with van der Waals surface area (Å²) in [5.74, 6) is -4.55. The van der Waals surface area contributed by atoms with E-state index in [1.165, 1.54) is 11.4 Å². The van der Waals surface area contributed by atoms with E-state index in [4.69, 9.17) is 24.8 Å². The second kappa shape index (κ2) is 14.2. The first-order valence-corrected chi connectivity index (χ1v) is 12.5. The number of benzene rings is 1. The van der Waals surface area contributed by atoms with Crippen LogP contribution in [0.3, 0.4) is 0 Å². The number of nitrogens with one attached hydrogen (secondary N) is 1. The van der Waals surface area contributed by atoms with Crippen LogP contribution in [0, 0.1) is 13.8 Å². The van der Waals surface area contributed by atoms with Crippen molar-refractivity contribution in [1.82, 2.24) is 24.8 Å². The number of aliphatic carboxylic acids is 2. The van der Waals surface area contributed by atoms with Gasteiger partial charge < -0.3 is 15.2 Å². The predicted molar refractivity (Wildman–Crippen MR) is 134 cm³/mol. The van der Waals surface area contributed by atoms with Gasteiger partial charge >= 0.3 is 24.3 Å². The molecule has 1 aliphatic heterocycles. The molecule has 0 amide bonds.